The van der Waals surface area contributed by atoms with Crippen LogP contribution in [0, 0.1) is 0 Å². The van der Waals surface area contributed by atoms with Crippen molar-refractivity contribution in [2.24, 2.45) is 7.05 Å². The molecular formula is C13H24N4O3. The molecule has 0 spiro atoms. The summed E-state index contributed by atoms with van der Waals surface area (Å²) >= 11 is 0. The van der Waals surface area contributed by atoms with Crippen molar-refractivity contribution in [2.75, 3.05) is 44.7 Å². The molecular weight excluding hydrogens is 260 g/mol. The largest absolute Gasteiger partial charge is 0.379 e. The fourth-order valence-corrected chi connectivity index (χ4v) is 1.82. The topological polar surface area (TPSA) is 79.4 Å². The number of aromatic nitrogens is 2. The maximum absolute atomic E-state index is 11.4. The number of nitrogens with one attached hydrogen (secondary N) is 2. The van der Waals surface area contributed by atoms with E-state index in [1.54, 1.807) is 0 Å². The average Bonchev–Trinajstić information content (AvgIpc) is 2.48. The second-order valence-corrected chi connectivity index (χ2v) is 4.27. The zero-order chi connectivity index (χ0) is 15.0. The van der Waals surface area contributed by atoms with Crippen molar-refractivity contribution in [3.8, 4) is 0 Å². The minimum Gasteiger partial charge on any atom is -0.379 e. The Morgan fingerprint density at radius 2 is 1.95 bits per heavy atom. The number of aromatic amines is 1. The van der Waals surface area contributed by atoms with Crippen LogP contribution in [0.25, 0.3) is 0 Å². The third-order valence-corrected chi connectivity index (χ3v) is 2.99. The van der Waals surface area contributed by atoms with Gasteiger partial charge in [-0.25, -0.2) is 4.79 Å². The number of H-pyrrole nitrogens is 1. The van der Waals surface area contributed by atoms with Crippen molar-refractivity contribution < 1.29 is 4.74 Å². The molecule has 0 saturated carbocycles. The lowest BCUT2D eigenvalue weighted by Crippen LogP contribution is -2.39. The first-order chi connectivity index (χ1) is 9.66. The molecule has 0 amide bonds. The lowest BCUT2D eigenvalue weighted by molar-refractivity contribution is 0.0398. The highest BCUT2D eigenvalue weighted by atomic mass is 16.5. The van der Waals surface area contributed by atoms with Crippen LogP contribution in [0.15, 0.2) is 15.7 Å². The van der Waals surface area contributed by atoms with E-state index in [1.807, 2.05) is 13.8 Å². The molecule has 7 nitrogen and oxygen atoms in total. The van der Waals surface area contributed by atoms with Gasteiger partial charge in [0.2, 0.25) is 0 Å². The number of ether oxygens (including phenoxy) is 1. The number of nitrogens with zero attached hydrogens (tertiary/aromatic N) is 2. The summed E-state index contributed by atoms with van der Waals surface area (Å²) in [5, 5.41) is 3.05. The number of rotatable bonds is 4. The maximum Gasteiger partial charge on any atom is 0.329 e. The lowest BCUT2D eigenvalue weighted by Gasteiger charge is -2.26. The number of hydrogen-bond donors (Lipinski definition) is 2. The van der Waals surface area contributed by atoms with Gasteiger partial charge in [-0.2, -0.15) is 0 Å². The summed E-state index contributed by atoms with van der Waals surface area (Å²) in [5.74, 6) is 0.469. The van der Waals surface area contributed by atoms with Gasteiger partial charge in [0.1, 0.15) is 5.82 Å². The first-order valence-corrected chi connectivity index (χ1v) is 7.01. The number of anilines is 1. The average molecular weight is 284 g/mol. The van der Waals surface area contributed by atoms with E-state index in [2.05, 4.69) is 15.2 Å². The predicted octanol–water partition coefficient (Wildman–Crippen LogP) is -0.156. The molecule has 7 heteroatoms. The Balaban J connectivity index is 0.000000956. The Hall–Kier alpha value is -1.60. The maximum atomic E-state index is 11.4. The molecule has 1 aromatic rings. The van der Waals surface area contributed by atoms with Gasteiger partial charge in [-0.05, 0) is 0 Å². The van der Waals surface area contributed by atoms with Crippen LogP contribution in [0.1, 0.15) is 13.8 Å². The summed E-state index contributed by atoms with van der Waals surface area (Å²) in [7, 11) is 1.44. The van der Waals surface area contributed by atoms with Gasteiger partial charge in [0, 0.05) is 39.3 Å². The quantitative estimate of drug-likeness (QED) is 0.803. The summed E-state index contributed by atoms with van der Waals surface area (Å²) in [6.45, 7) is 8.93. The van der Waals surface area contributed by atoms with E-state index < -0.39 is 5.69 Å². The Morgan fingerprint density at radius 1 is 1.30 bits per heavy atom. The van der Waals surface area contributed by atoms with Crippen LogP contribution in [0.5, 0.6) is 0 Å². The predicted molar refractivity (Wildman–Crippen MR) is 79.4 cm³/mol. The Morgan fingerprint density at radius 3 is 2.55 bits per heavy atom. The molecule has 1 fully saturated rings. The molecule has 1 aliphatic rings. The molecule has 0 radical (unpaired) electrons. The molecule has 0 aromatic carbocycles. The van der Waals surface area contributed by atoms with Gasteiger partial charge in [-0.1, -0.05) is 13.8 Å². The van der Waals surface area contributed by atoms with E-state index in [0.29, 0.717) is 12.4 Å². The molecule has 0 unspecified atom stereocenters. The van der Waals surface area contributed by atoms with Crippen molar-refractivity contribution in [3.63, 3.8) is 0 Å². The van der Waals surface area contributed by atoms with Crippen LogP contribution in [0.2, 0.25) is 0 Å². The number of hydrogen-bond acceptors (Lipinski definition) is 5. The minimum atomic E-state index is -0.406. The highest BCUT2D eigenvalue weighted by Crippen LogP contribution is 1.97. The molecule has 0 bridgehead atoms. The molecule has 1 aromatic heterocycles. The van der Waals surface area contributed by atoms with Crippen LogP contribution < -0.4 is 16.6 Å². The van der Waals surface area contributed by atoms with Gasteiger partial charge in [0.15, 0.2) is 0 Å². The normalized spacial score (nSPS) is 15.3. The van der Waals surface area contributed by atoms with Gasteiger partial charge >= 0.3 is 5.69 Å². The summed E-state index contributed by atoms with van der Waals surface area (Å²) in [4.78, 5) is 27.6. The first-order valence-electron chi connectivity index (χ1n) is 7.01. The van der Waals surface area contributed by atoms with Crippen LogP contribution in [-0.2, 0) is 11.8 Å². The zero-order valence-corrected chi connectivity index (χ0v) is 12.4. The minimum absolute atomic E-state index is 0.312. The Kier molecular flexibility index (Phi) is 7.03. The van der Waals surface area contributed by atoms with E-state index in [9.17, 15) is 9.59 Å². The van der Waals surface area contributed by atoms with Crippen LogP contribution in [-0.4, -0.2) is 53.8 Å². The van der Waals surface area contributed by atoms with Crippen molar-refractivity contribution in [2.45, 2.75) is 13.8 Å². The monoisotopic (exact) mass is 284 g/mol. The molecule has 0 atom stereocenters. The third kappa shape index (κ3) is 4.82. The molecule has 2 heterocycles. The molecule has 1 saturated heterocycles. The molecule has 1 aliphatic heterocycles. The van der Waals surface area contributed by atoms with Crippen molar-refractivity contribution >= 4 is 5.82 Å². The van der Waals surface area contributed by atoms with Gasteiger partial charge < -0.3 is 10.1 Å². The van der Waals surface area contributed by atoms with Crippen molar-refractivity contribution in [1.29, 1.82) is 0 Å². The van der Waals surface area contributed by atoms with E-state index in [1.165, 1.54) is 13.1 Å². The van der Waals surface area contributed by atoms with Crippen molar-refractivity contribution in [1.82, 2.24) is 14.5 Å². The summed E-state index contributed by atoms with van der Waals surface area (Å²) in [6, 6.07) is 1.39. The highest BCUT2D eigenvalue weighted by molar-refractivity contribution is 5.31. The van der Waals surface area contributed by atoms with Crippen LogP contribution >= 0.6 is 0 Å². The van der Waals surface area contributed by atoms with E-state index >= 15 is 0 Å². The standard InChI is InChI=1S/C11H18N4O3.C2H6/c1-14-10(16)8-9(13-11(14)17)12-2-3-15-4-6-18-7-5-15;1-2/h8,12H,2-7H2,1H3,(H,13,17);1-2H3. The smallest absolute Gasteiger partial charge is 0.329 e. The lowest BCUT2D eigenvalue weighted by atomic mass is 10.4. The molecule has 2 N–H and O–H groups in total. The second-order valence-electron chi connectivity index (χ2n) is 4.27. The van der Waals surface area contributed by atoms with Gasteiger partial charge in [-0.15, -0.1) is 0 Å². The fraction of sp³-hybridized carbons (Fsp3) is 0.692. The summed E-state index contributed by atoms with van der Waals surface area (Å²) < 4.78 is 6.29. The van der Waals surface area contributed by atoms with E-state index in [4.69, 9.17) is 4.74 Å². The summed E-state index contributed by atoms with van der Waals surface area (Å²) in [5.41, 5.74) is -0.719. The number of morpholine rings is 1. The van der Waals surface area contributed by atoms with Crippen molar-refractivity contribution in [3.05, 3.63) is 26.9 Å². The third-order valence-electron chi connectivity index (χ3n) is 2.99. The van der Waals surface area contributed by atoms with E-state index in [0.717, 1.165) is 37.4 Å². The molecule has 20 heavy (non-hydrogen) atoms. The SMILES string of the molecule is CC.Cn1c(=O)cc(NCCN2CCOCC2)[nH]c1=O. The molecule has 114 valence electrons. The van der Waals surface area contributed by atoms with Gasteiger partial charge in [0.05, 0.1) is 13.2 Å². The van der Waals surface area contributed by atoms with Gasteiger partial charge in [-0.3, -0.25) is 19.2 Å². The molecule has 0 aliphatic carbocycles. The fourth-order valence-electron chi connectivity index (χ4n) is 1.82. The second kappa shape index (κ2) is 8.55. The van der Waals surface area contributed by atoms with Crippen LogP contribution in [0.4, 0.5) is 5.82 Å². The van der Waals surface area contributed by atoms with E-state index in [-0.39, 0.29) is 5.56 Å². The summed E-state index contributed by atoms with van der Waals surface area (Å²) in [6.07, 6.45) is 0. The highest BCUT2D eigenvalue weighted by Gasteiger charge is 2.09. The van der Waals surface area contributed by atoms with Gasteiger partial charge in [0.25, 0.3) is 5.56 Å². The van der Waals surface area contributed by atoms with Crippen LogP contribution in [0.3, 0.4) is 0 Å². The Labute approximate surface area is 118 Å². The zero-order valence-electron chi connectivity index (χ0n) is 12.4. The molecule has 2 rings (SSSR count). The first kappa shape index (κ1) is 16.5. The Bertz CT molecular complexity index is 472.